The fraction of sp³-hybridized carbons (Fsp3) is 0.667. The molecule has 2 N–H and O–H groups in total. The van der Waals surface area contributed by atoms with Crippen molar-refractivity contribution in [3.05, 3.63) is 23.9 Å². The van der Waals surface area contributed by atoms with Gasteiger partial charge in [-0.3, -0.25) is 0 Å². The Bertz CT molecular complexity index is 672. The molecule has 0 bridgehead atoms. The van der Waals surface area contributed by atoms with E-state index in [-0.39, 0.29) is 11.2 Å². The van der Waals surface area contributed by atoms with E-state index >= 15 is 0 Å². The van der Waals surface area contributed by atoms with Crippen LogP contribution in [-0.4, -0.2) is 29.3 Å². The zero-order chi connectivity index (χ0) is 18.5. The van der Waals surface area contributed by atoms with Crippen LogP contribution in [-0.2, 0) is 4.74 Å². The van der Waals surface area contributed by atoms with Gasteiger partial charge in [0.15, 0.2) is 0 Å². The molecule has 0 aromatic carbocycles. The smallest absolute Gasteiger partial charge is 0.129 e. The van der Waals surface area contributed by atoms with Crippen LogP contribution in [0.1, 0.15) is 66.5 Å². The van der Waals surface area contributed by atoms with Crippen LogP contribution in [0.25, 0.3) is 5.57 Å². The molecule has 1 fully saturated rings. The first kappa shape index (κ1) is 18.2. The van der Waals surface area contributed by atoms with Crippen molar-refractivity contribution in [1.29, 1.82) is 0 Å². The Morgan fingerprint density at radius 3 is 2.24 bits per heavy atom. The Kier molecular flexibility index (Phi) is 4.39. The number of allylic oxidation sites excluding steroid dienone is 2. The molecule has 2 heterocycles. The van der Waals surface area contributed by atoms with Crippen LogP contribution in [0.4, 0.5) is 11.5 Å². The molecule has 138 valence electrons. The minimum absolute atomic E-state index is 0.195. The maximum absolute atomic E-state index is 6.28. The third-order valence-corrected chi connectivity index (χ3v) is 5.21. The molecule has 0 radical (unpaired) electrons. The average Bonchev–Trinajstić information content (AvgIpc) is 2.45. The van der Waals surface area contributed by atoms with Gasteiger partial charge in [-0.15, -0.1) is 0 Å². The van der Waals surface area contributed by atoms with Gasteiger partial charge in [0.2, 0.25) is 0 Å². The van der Waals surface area contributed by atoms with Gasteiger partial charge in [0.25, 0.3) is 0 Å². The number of nitrogen functional groups attached to an aromatic ring is 1. The highest BCUT2D eigenvalue weighted by atomic mass is 16.5. The summed E-state index contributed by atoms with van der Waals surface area (Å²) in [6.45, 7) is 14.9. The molecule has 1 saturated heterocycles. The van der Waals surface area contributed by atoms with Crippen LogP contribution < -0.4 is 10.6 Å². The lowest BCUT2D eigenvalue weighted by Crippen LogP contribution is -2.57. The van der Waals surface area contributed by atoms with Crippen LogP contribution >= 0.6 is 0 Å². The SMILES string of the molecule is CC1(C)CC=C(c2nc(N3CC(C)(C)OC(C)(C)C3)ccc2N)CC1. The van der Waals surface area contributed by atoms with Crippen molar-refractivity contribution in [2.75, 3.05) is 23.7 Å². The van der Waals surface area contributed by atoms with Gasteiger partial charge in [0.05, 0.1) is 22.6 Å². The van der Waals surface area contributed by atoms with Crippen molar-refractivity contribution in [3.8, 4) is 0 Å². The molecule has 0 spiro atoms. The quantitative estimate of drug-likeness (QED) is 0.849. The predicted octanol–water partition coefficient (Wildman–Crippen LogP) is 4.65. The van der Waals surface area contributed by atoms with E-state index in [9.17, 15) is 0 Å². The molecule has 1 aliphatic carbocycles. The summed E-state index contributed by atoms with van der Waals surface area (Å²) >= 11 is 0. The minimum Gasteiger partial charge on any atom is -0.397 e. The van der Waals surface area contributed by atoms with Crippen molar-refractivity contribution in [1.82, 2.24) is 4.98 Å². The molecule has 0 atom stereocenters. The summed E-state index contributed by atoms with van der Waals surface area (Å²) in [6, 6.07) is 4.05. The second-order valence-electron chi connectivity index (χ2n) is 9.68. The van der Waals surface area contributed by atoms with E-state index in [2.05, 4.69) is 52.5 Å². The van der Waals surface area contributed by atoms with E-state index in [1.807, 2.05) is 12.1 Å². The normalized spacial score (nSPS) is 24.7. The van der Waals surface area contributed by atoms with Gasteiger partial charge in [-0.2, -0.15) is 0 Å². The molecule has 2 aliphatic rings. The summed E-state index contributed by atoms with van der Waals surface area (Å²) in [7, 11) is 0. The number of nitrogens with two attached hydrogens (primary N) is 1. The van der Waals surface area contributed by atoms with E-state index < -0.39 is 0 Å². The molecule has 0 unspecified atom stereocenters. The Hall–Kier alpha value is -1.55. The van der Waals surface area contributed by atoms with Crippen molar-refractivity contribution >= 4 is 17.1 Å². The summed E-state index contributed by atoms with van der Waals surface area (Å²) in [5, 5.41) is 0. The number of morpholine rings is 1. The molecule has 1 aliphatic heterocycles. The van der Waals surface area contributed by atoms with Crippen molar-refractivity contribution in [3.63, 3.8) is 0 Å². The largest absolute Gasteiger partial charge is 0.397 e. The van der Waals surface area contributed by atoms with Crippen molar-refractivity contribution in [2.24, 2.45) is 5.41 Å². The van der Waals surface area contributed by atoms with Crippen LogP contribution in [0.5, 0.6) is 0 Å². The van der Waals surface area contributed by atoms with Crippen LogP contribution in [0.2, 0.25) is 0 Å². The Labute approximate surface area is 152 Å². The predicted molar refractivity (Wildman–Crippen MR) is 106 cm³/mol. The summed E-state index contributed by atoms with van der Waals surface area (Å²) < 4.78 is 6.20. The fourth-order valence-corrected chi connectivity index (χ4v) is 4.13. The Balaban J connectivity index is 1.91. The molecule has 1 aromatic heterocycles. The van der Waals surface area contributed by atoms with E-state index in [4.69, 9.17) is 15.5 Å². The summed E-state index contributed by atoms with van der Waals surface area (Å²) in [4.78, 5) is 7.31. The molecule has 0 saturated carbocycles. The van der Waals surface area contributed by atoms with Gasteiger partial charge in [0.1, 0.15) is 5.82 Å². The first-order valence-corrected chi connectivity index (χ1v) is 9.38. The third kappa shape index (κ3) is 4.17. The molecule has 0 amide bonds. The number of nitrogens with zero attached hydrogens (tertiary/aromatic N) is 2. The maximum atomic E-state index is 6.28. The number of pyridine rings is 1. The van der Waals surface area contributed by atoms with Gasteiger partial charge in [-0.1, -0.05) is 19.9 Å². The van der Waals surface area contributed by atoms with Gasteiger partial charge in [-0.05, 0) is 70.1 Å². The first-order chi connectivity index (χ1) is 11.5. The van der Waals surface area contributed by atoms with Crippen molar-refractivity contribution < 1.29 is 4.74 Å². The number of hydrogen-bond donors (Lipinski definition) is 1. The van der Waals surface area contributed by atoms with E-state index in [1.165, 1.54) is 12.0 Å². The lowest BCUT2D eigenvalue weighted by Gasteiger charge is -2.47. The standard InChI is InChI=1S/C21H33N3O/c1-19(2)11-9-15(10-12-19)18-16(22)7-8-17(23-18)24-13-20(3,4)25-21(5,6)14-24/h7-9H,10-14,22H2,1-6H3. The molecule has 4 heteroatoms. The van der Waals surface area contributed by atoms with Gasteiger partial charge < -0.3 is 15.4 Å². The molecule has 1 aromatic rings. The number of hydrogen-bond acceptors (Lipinski definition) is 4. The van der Waals surface area contributed by atoms with Gasteiger partial charge >= 0.3 is 0 Å². The van der Waals surface area contributed by atoms with Crippen LogP contribution in [0.15, 0.2) is 18.2 Å². The number of anilines is 2. The highest BCUT2D eigenvalue weighted by Crippen LogP contribution is 2.39. The minimum atomic E-state index is -0.195. The second kappa shape index (κ2) is 6.01. The molecule has 3 rings (SSSR count). The summed E-state index contributed by atoms with van der Waals surface area (Å²) in [5.74, 6) is 0.999. The summed E-state index contributed by atoms with van der Waals surface area (Å²) in [6.07, 6.45) is 5.65. The lowest BCUT2D eigenvalue weighted by molar-refractivity contribution is -0.133. The number of aromatic nitrogens is 1. The zero-order valence-electron chi connectivity index (χ0n) is 16.6. The zero-order valence-corrected chi connectivity index (χ0v) is 16.6. The van der Waals surface area contributed by atoms with Crippen LogP contribution in [0, 0.1) is 5.41 Å². The lowest BCUT2D eigenvalue weighted by atomic mass is 9.77. The highest BCUT2D eigenvalue weighted by molar-refractivity contribution is 5.74. The van der Waals surface area contributed by atoms with Crippen molar-refractivity contribution in [2.45, 2.75) is 72.0 Å². The third-order valence-electron chi connectivity index (χ3n) is 5.21. The maximum Gasteiger partial charge on any atom is 0.129 e. The van der Waals surface area contributed by atoms with Gasteiger partial charge in [0, 0.05) is 13.1 Å². The fourth-order valence-electron chi connectivity index (χ4n) is 4.13. The average molecular weight is 344 g/mol. The highest BCUT2D eigenvalue weighted by Gasteiger charge is 2.38. The Morgan fingerprint density at radius 1 is 1.04 bits per heavy atom. The molecule has 4 nitrogen and oxygen atoms in total. The number of ether oxygens (including phenoxy) is 1. The van der Waals surface area contributed by atoms with Gasteiger partial charge in [-0.25, -0.2) is 4.98 Å². The Morgan fingerprint density at radius 2 is 1.68 bits per heavy atom. The monoisotopic (exact) mass is 343 g/mol. The molecular weight excluding hydrogens is 310 g/mol. The van der Waals surface area contributed by atoms with E-state index in [1.54, 1.807) is 0 Å². The first-order valence-electron chi connectivity index (χ1n) is 9.38. The second-order valence-corrected chi connectivity index (χ2v) is 9.68. The van der Waals surface area contributed by atoms with E-state index in [0.29, 0.717) is 5.41 Å². The topological polar surface area (TPSA) is 51.4 Å². The van der Waals surface area contributed by atoms with E-state index in [0.717, 1.165) is 43.1 Å². The summed E-state index contributed by atoms with van der Waals surface area (Å²) in [5.41, 5.74) is 9.31. The molecular formula is C21H33N3O. The number of rotatable bonds is 2. The van der Waals surface area contributed by atoms with Crippen LogP contribution in [0.3, 0.4) is 0 Å². The molecule has 25 heavy (non-hydrogen) atoms.